The Morgan fingerprint density at radius 3 is 2.87 bits per heavy atom. The van der Waals surface area contributed by atoms with E-state index in [9.17, 15) is 0 Å². The highest BCUT2D eigenvalue weighted by molar-refractivity contribution is 7.71. The van der Waals surface area contributed by atoms with Gasteiger partial charge in [0.1, 0.15) is 0 Å². The number of H-pyrrole nitrogens is 2. The first-order valence-electron chi connectivity index (χ1n) is 4.89. The van der Waals surface area contributed by atoms with E-state index >= 15 is 0 Å². The lowest BCUT2D eigenvalue weighted by atomic mass is 10.2. The van der Waals surface area contributed by atoms with Crippen molar-refractivity contribution in [3.05, 3.63) is 16.7 Å². The van der Waals surface area contributed by atoms with E-state index in [1.807, 2.05) is 11.5 Å². The van der Waals surface area contributed by atoms with Crippen molar-refractivity contribution in [2.24, 2.45) is 0 Å². The molecule has 0 fully saturated rings. The van der Waals surface area contributed by atoms with Gasteiger partial charge in [0.15, 0.2) is 10.6 Å². The van der Waals surface area contributed by atoms with E-state index < -0.39 is 0 Å². The van der Waals surface area contributed by atoms with Crippen LogP contribution in [-0.4, -0.2) is 25.0 Å². The van der Waals surface area contributed by atoms with E-state index in [-0.39, 0.29) is 0 Å². The lowest BCUT2D eigenvalue weighted by Crippen LogP contribution is -2.00. The van der Waals surface area contributed by atoms with Gasteiger partial charge in [-0.15, -0.1) is 0 Å². The van der Waals surface area contributed by atoms with Gasteiger partial charge in [0.05, 0.1) is 11.8 Å². The van der Waals surface area contributed by atoms with E-state index in [4.69, 9.17) is 12.2 Å². The summed E-state index contributed by atoms with van der Waals surface area (Å²) in [5.41, 5.74) is 2.00. The molecule has 15 heavy (non-hydrogen) atoms. The molecule has 2 heterocycles. The molecule has 0 bridgehead atoms. The van der Waals surface area contributed by atoms with Crippen molar-refractivity contribution in [1.82, 2.24) is 25.0 Å². The summed E-state index contributed by atoms with van der Waals surface area (Å²) in [5.74, 6) is 0.855. The maximum atomic E-state index is 5.17. The van der Waals surface area contributed by atoms with Crippen LogP contribution in [0.4, 0.5) is 0 Å². The van der Waals surface area contributed by atoms with Crippen LogP contribution in [0.3, 0.4) is 0 Å². The van der Waals surface area contributed by atoms with Crippen molar-refractivity contribution in [3.63, 3.8) is 0 Å². The first kappa shape index (κ1) is 10.1. The molecular formula is C9H13N5S. The molecule has 0 aliphatic rings. The molecule has 0 spiro atoms. The summed E-state index contributed by atoms with van der Waals surface area (Å²) < 4.78 is 2.65. The van der Waals surface area contributed by atoms with Gasteiger partial charge in [-0.2, -0.15) is 10.2 Å². The third-order valence-electron chi connectivity index (χ3n) is 2.28. The van der Waals surface area contributed by atoms with Crippen LogP contribution in [0, 0.1) is 11.7 Å². The SMILES string of the molecule is CCCn1c(-c2cn[nH]c2C)n[nH]c1=S. The van der Waals surface area contributed by atoms with Gasteiger partial charge in [0.25, 0.3) is 0 Å². The number of aromatic amines is 2. The van der Waals surface area contributed by atoms with Gasteiger partial charge in [0.2, 0.25) is 0 Å². The summed E-state index contributed by atoms with van der Waals surface area (Å²) in [5, 5.41) is 13.9. The first-order valence-corrected chi connectivity index (χ1v) is 5.30. The maximum Gasteiger partial charge on any atom is 0.195 e. The Labute approximate surface area is 92.5 Å². The van der Waals surface area contributed by atoms with Crippen LogP contribution >= 0.6 is 12.2 Å². The third-order valence-corrected chi connectivity index (χ3v) is 2.59. The molecule has 0 saturated heterocycles. The zero-order chi connectivity index (χ0) is 10.8. The van der Waals surface area contributed by atoms with Crippen LogP contribution in [0.1, 0.15) is 19.0 Å². The third kappa shape index (κ3) is 1.72. The predicted octanol–water partition coefficient (Wildman–Crippen LogP) is 2.05. The van der Waals surface area contributed by atoms with Crippen molar-refractivity contribution in [3.8, 4) is 11.4 Å². The average Bonchev–Trinajstić information content (AvgIpc) is 2.76. The Balaban J connectivity index is 2.54. The number of hydrogen-bond donors (Lipinski definition) is 2. The number of nitrogens with one attached hydrogen (secondary N) is 2. The fraction of sp³-hybridized carbons (Fsp3) is 0.444. The molecule has 5 nitrogen and oxygen atoms in total. The Kier molecular flexibility index (Phi) is 2.68. The minimum atomic E-state index is 0.660. The van der Waals surface area contributed by atoms with Gasteiger partial charge < -0.3 is 4.57 Å². The molecule has 0 aromatic carbocycles. The molecule has 80 valence electrons. The van der Waals surface area contributed by atoms with E-state index in [1.54, 1.807) is 6.20 Å². The fourth-order valence-electron chi connectivity index (χ4n) is 1.53. The van der Waals surface area contributed by atoms with Crippen LogP contribution in [0.2, 0.25) is 0 Å². The fourth-order valence-corrected chi connectivity index (χ4v) is 1.75. The number of aromatic nitrogens is 5. The Hall–Kier alpha value is -1.43. The summed E-state index contributed by atoms with van der Waals surface area (Å²) in [6.07, 6.45) is 2.80. The molecule has 0 saturated carbocycles. The smallest absolute Gasteiger partial charge is 0.195 e. The van der Waals surface area contributed by atoms with Crippen molar-refractivity contribution in [2.45, 2.75) is 26.8 Å². The summed E-state index contributed by atoms with van der Waals surface area (Å²) in [6.45, 7) is 4.95. The quantitative estimate of drug-likeness (QED) is 0.783. The molecule has 2 N–H and O–H groups in total. The highest BCUT2D eigenvalue weighted by Crippen LogP contribution is 2.19. The van der Waals surface area contributed by atoms with E-state index in [1.165, 1.54) is 0 Å². The van der Waals surface area contributed by atoms with E-state index in [0.717, 1.165) is 30.0 Å². The molecule has 0 amide bonds. The average molecular weight is 223 g/mol. The number of rotatable bonds is 3. The lowest BCUT2D eigenvalue weighted by Gasteiger charge is -2.03. The van der Waals surface area contributed by atoms with Gasteiger partial charge in [-0.1, -0.05) is 6.92 Å². The number of hydrogen-bond acceptors (Lipinski definition) is 3. The Morgan fingerprint density at radius 1 is 1.47 bits per heavy atom. The molecule has 0 aliphatic carbocycles. The van der Waals surface area contributed by atoms with Crippen LogP contribution in [-0.2, 0) is 6.54 Å². The second-order valence-corrected chi connectivity index (χ2v) is 3.80. The van der Waals surface area contributed by atoms with Crippen molar-refractivity contribution < 1.29 is 0 Å². The highest BCUT2D eigenvalue weighted by Gasteiger charge is 2.11. The largest absolute Gasteiger partial charge is 0.300 e. The van der Waals surface area contributed by atoms with Gasteiger partial charge in [-0.25, -0.2) is 0 Å². The van der Waals surface area contributed by atoms with Crippen LogP contribution in [0.5, 0.6) is 0 Å². The standard InChI is InChI=1S/C9H13N5S/c1-3-4-14-8(12-13-9(14)15)7-5-10-11-6(7)2/h5H,3-4H2,1-2H3,(H,10,11)(H,13,15). The molecule has 2 rings (SSSR count). The lowest BCUT2D eigenvalue weighted by molar-refractivity contribution is 0.674. The molecule has 2 aromatic rings. The van der Waals surface area contributed by atoms with Gasteiger partial charge >= 0.3 is 0 Å². The molecule has 0 atom stereocenters. The van der Waals surface area contributed by atoms with Crippen molar-refractivity contribution >= 4 is 12.2 Å². The minimum Gasteiger partial charge on any atom is -0.300 e. The van der Waals surface area contributed by atoms with Gasteiger partial charge in [-0.05, 0) is 25.6 Å². The molecule has 2 aromatic heterocycles. The van der Waals surface area contributed by atoms with E-state index in [0.29, 0.717) is 4.77 Å². The monoisotopic (exact) mass is 223 g/mol. The normalized spacial score (nSPS) is 10.8. The second kappa shape index (κ2) is 3.98. The molecule has 0 radical (unpaired) electrons. The molecule has 0 aliphatic heterocycles. The number of aryl methyl sites for hydroxylation is 1. The van der Waals surface area contributed by atoms with Gasteiger partial charge in [0, 0.05) is 12.2 Å². The molecule has 6 heteroatoms. The zero-order valence-electron chi connectivity index (χ0n) is 8.74. The van der Waals surface area contributed by atoms with Crippen LogP contribution in [0.25, 0.3) is 11.4 Å². The minimum absolute atomic E-state index is 0.660. The van der Waals surface area contributed by atoms with Crippen molar-refractivity contribution in [2.75, 3.05) is 0 Å². The molecule has 0 unspecified atom stereocenters. The molecular weight excluding hydrogens is 210 g/mol. The summed E-state index contributed by atoms with van der Waals surface area (Å²) in [4.78, 5) is 0. The summed E-state index contributed by atoms with van der Waals surface area (Å²) >= 11 is 5.17. The highest BCUT2D eigenvalue weighted by atomic mass is 32.1. The Morgan fingerprint density at radius 2 is 2.27 bits per heavy atom. The van der Waals surface area contributed by atoms with Crippen LogP contribution in [0.15, 0.2) is 6.20 Å². The second-order valence-electron chi connectivity index (χ2n) is 3.41. The topological polar surface area (TPSA) is 62.3 Å². The maximum absolute atomic E-state index is 5.17. The van der Waals surface area contributed by atoms with Gasteiger partial charge in [-0.3, -0.25) is 10.2 Å². The van der Waals surface area contributed by atoms with E-state index in [2.05, 4.69) is 27.3 Å². The Bertz CT molecular complexity index is 507. The zero-order valence-corrected chi connectivity index (χ0v) is 9.56. The van der Waals surface area contributed by atoms with Crippen LogP contribution < -0.4 is 0 Å². The summed E-state index contributed by atoms with van der Waals surface area (Å²) in [7, 11) is 0. The first-order chi connectivity index (χ1) is 7.24. The predicted molar refractivity (Wildman–Crippen MR) is 60.0 cm³/mol. The number of nitrogens with zero attached hydrogens (tertiary/aromatic N) is 3. The van der Waals surface area contributed by atoms with Crippen molar-refractivity contribution in [1.29, 1.82) is 0 Å². The summed E-state index contributed by atoms with van der Waals surface area (Å²) in [6, 6.07) is 0.